The zero-order valence-corrected chi connectivity index (χ0v) is 11.2. The second kappa shape index (κ2) is 3.61. The van der Waals surface area contributed by atoms with Gasteiger partial charge in [0.25, 0.3) is 0 Å². The molecule has 0 aromatic heterocycles. The summed E-state index contributed by atoms with van der Waals surface area (Å²) in [6, 6.07) is 22.3. The quantitative estimate of drug-likeness (QED) is 0.297. The molecule has 0 atom stereocenters. The van der Waals surface area contributed by atoms with E-state index in [1.165, 1.54) is 45.2 Å². The molecule has 1 aliphatic rings. The summed E-state index contributed by atoms with van der Waals surface area (Å²) < 4.78 is 0. The summed E-state index contributed by atoms with van der Waals surface area (Å²) in [6.07, 6.45) is 2.47. The molecular formula is C20H14. The maximum absolute atomic E-state index is 2.38. The Morgan fingerprint density at radius 3 is 1.75 bits per heavy atom. The number of aryl methyl sites for hydroxylation is 2. The predicted octanol–water partition coefficient (Wildman–Crippen LogP) is 5.24. The van der Waals surface area contributed by atoms with Gasteiger partial charge in [-0.15, -0.1) is 0 Å². The number of hydrogen-bond acceptors (Lipinski definition) is 0. The first-order valence-electron chi connectivity index (χ1n) is 7.27. The van der Waals surface area contributed by atoms with E-state index < -0.39 is 0 Å². The molecule has 0 fully saturated rings. The Bertz CT molecular complexity index is 993. The van der Waals surface area contributed by atoms with Crippen molar-refractivity contribution in [2.24, 2.45) is 0 Å². The van der Waals surface area contributed by atoms with E-state index in [9.17, 15) is 0 Å². The van der Waals surface area contributed by atoms with E-state index in [2.05, 4.69) is 60.7 Å². The average Bonchev–Trinajstić information content (AvgIpc) is 2.45. The van der Waals surface area contributed by atoms with Crippen LogP contribution >= 0.6 is 0 Å². The minimum absolute atomic E-state index is 1.23. The Kier molecular flexibility index (Phi) is 1.88. The SMILES string of the molecule is c1ccc2cc3c(cc2c1)c1c(c2ccccc23)CC1. The molecule has 0 heteroatoms. The summed E-state index contributed by atoms with van der Waals surface area (Å²) >= 11 is 0. The summed E-state index contributed by atoms with van der Waals surface area (Å²) in [7, 11) is 0. The highest BCUT2D eigenvalue weighted by Gasteiger charge is 2.20. The van der Waals surface area contributed by atoms with Gasteiger partial charge in [-0.2, -0.15) is 0 Å². The van der Waals surface area contributed by atoms with Gasteiger partial charge in [0, 0.05) is 0 Å². The third-order valence-corrected chi connectivity index (χ3v) is 4.74. The first kappa shape index (κ1) is 10.4. The van der Waals surface area contributed by atoms with Gasteiger partial charge in [-0.1, -0.05) is 48.5 Å². The highest BCUT2D eigenvalue weighted by atomic mass is 14.2. The van der Waals surface area contributed by atoms with Crippen LogP contribution in [0.4, 0.5) is 0 Å². The van der Waals surface area contributed by atoms with Crippen molar-refractivity contribution >= 4 is 32.3 Å². The van der Waals surface area contributed by atoms with E-state index in [1.54, 1.807) is 11.1 Å². The van der Waals surface area contributed by atoms with E-state index in [0.717, 1.165) is 0 Å². The van der Waals surface area contributed by atoms with Gasteiger partial charge >= 0.3 is 0 Å². The van der Waals surface area contributed by atoms with E-state index in [1.807, 2.05) is 0 Å². The molecule has 1 aliphatic carbocycles. The van der Waals surface area contributed by atoms with Gasteiger partial charge in [0.1, 0.15) is 0 Å². The topological polar surface area (TPSA) is 0 Å². The predicted molar refractivity (Wildman–Crippen MR) is 86.4 cm³/mol. The molecule has 4 aromatic carbocycles. The molecule has 0 N–H and O–H groups in total. The fourth-order valence-electron chi connectivity index (χ4n) is 3.66. The maximum atomic E-state index is 2.38. The van der Waals surface area contributed by atoms with Crippen LogP contribution in [-0.4, -0.2) is 0 Å². The Morgan fingerprint density at radius 2 is 1.05 bits per heavy atom. The summed E-state index contributed by atoms with van der Waals surface area (Å²) in [6.45, 7) is 0. The van der Waals surface area contributed by atoms with Crippen molar-refractivity contribution in [2.45, 2.75) is 12.8 Å². The van der Waals surface area contributed by atoms with Gasteiger partial charge < -0.3 is 0 Å². The van der Waals surface area contributed by atoms with E-state index in [0.29, 0.717) is 0 Å². The highest BCUT2D eigenvalue weighted by molar-refractivity contribution is 6.15. The smallest absolute Gasteiger partial charge is 0.00960 e. The highest BCUT2D eigenvalue weighted by Crippen LogP contribution is 2.40. The number of fused-ring (bicyclic) bond motifs is 7. The van der Waals surface area contributed by atoms with Crippen LogP contribution < -0.4 is 0 Å². The Morgan fingerprint density at radius 1 is 0.500 bits per heavy atom. The molecule has 0 unspecified atom stereocenters. The molecule has 0 heterocycles. The van der Waals surface area contributed by atoms with Crippen molar-refractivity contribution in [2.75, 3.05) is 0 Å². The molecule has 0 saturated carbocycles. The van der Waals surface area contributed by atoms with E-state index in [-0.39, 0.29) is 0 Å². The normalized spacial score (nSPS) is 13.6. The van der Waals surface area contributed by atoms with Gasteiger partial charge in [0.15, 0.2) is 0 Å². The number of benzene rings is 4. The molecule has 0 spiro atoms. The third kappa shape index (κ3) is 1.21. The lowest BCUT2D eigenvalue weighted by atomic mass is 9.79. The fraction of sp³-hybridized carbons (Fsp3) is 0.100. The van der Waals surface area contributed by atoms with Crippen LogP contribution in [0.5, 0.6) is 0 Å². The van der Waals surface area contributed by atoms with Crippen LogP contribution in [0, 0.1) is 0 Å². The molecule has 0 aliphatic heterocycles. The van der Waals surface area contributed by atoms with Gasteiger partial charge in [-0.25, -0.2) is 0 Å². The second-order valence-corrected chi connectivity index (χ2v) is 5.75. The Hall–Kier alpha value is -2.34. The minimum Gasteiger partial charge on any atom is -0.0616 e. The summed E-state index contributed by atoms with van der Waals surface area (Å²) in [5, 5.41) is 8.43. The maximum Gasteiger partial charge on any atom is -0.00960 e. The molecular weight excluding hydrogens is 240 g/mol. The van der Waals surface area contributed by atoms with Gasteiger partial charge in [0.05, 0.1) is 0 Å². The van der Waals surface area contributed by atoms with Crippen LogP contribution in [0.25, 0.3) is 32.3 Å². The van der Waals surface area contributed by atoms with Crippen molar-refractivity contribution in [3.05, 3.63) is 71.8 Å². The lowest BCUT2D eigenvalue weighted by Crippen LogP contribution is -2.09. The van der Waals surface area contributed by atoms with Gasteiger partial charge in [-0.3, -0.25) is 0 Å². The monoisotopic (exact) mass is 254 g/mol. The van der Waals surface area contributed by atoms with Crippen molar-refractivity contribution in [1.82, 2.24) is 0 Å². The van der Waals surface area contributed by atoms with Crippen LogP contribution in [0.3, 0.4) is 0 Å². The van der Waals surface area contributed by atoms with Crippen molar-refractivity contribution in [1.29, 1.82) is 0 Å². The zero-order chi connectivity index (χ0) is 13.1. The largest absolute Gasteiger partial charge is 0.0616 e. The number of hydrogen-bond donors (Lipinski definition) is 0. The average molecular weight is 254 g/mol. The summed E-state index contributed by atoms with van der Waals surface area (Å²) in [5.41, 5.74) is 3.15. The minimum atomic E-state index is 1.23. The van der Waals surface area contributed by atoms with Crippen LogP contribution in [0.15, 0.2) is 60.7 Å². The summed E-state index contributed by atoms with van der Waals surface area (Å²) in [5.74, 6) is 0. The van der Waals surface area contributed by atoms with Crippen molar-refractivity contribution in [3.8, 4) is 0 Å². The molecule has 0 saturated heterocycles. The number of rotatable bonds is 0. The lowest BCUT2D eigenvalue weighted by molar-refractivity contribution is 0.864. The second-order valence-electron chi connectivity index (χ2n) is 5.75. The zero-order valence-electron chi connectivity index (χ0n) is 11.2. The Labute approximate surface area is 117 Å². The van der Waals surface area contributed by atoms with E-state index in [4.69, 9.17) is 0 Å². The standard InChI is InChI=1S/C20H14/c1-2-6-14-12-20-18-10-9-17(18)15-7-3-4-8-16(15)19(20)11-13(14)5-1/h1-8,11-12H,9-10H2. The third-order valence-electron chi connectivity index (χ3n) is 4.74. The molecule has 0 bridgehead atoms. The fourth-order valence-corrected chi connectivity index (χ4v) is 3.66. The molecule has 4 aromatic rings. The molecule has 5 rings (SSSR count). The van der Waals surface area contributed by atoms with Gasteiger partial charge in [-0.05, 0) is 68.4 Å². The van der Waals surface area contributed by atoms with E-state index >= 15 is 0 Å². The molecule has 0 amide bonds. The van der Waals surface area contributed by atoms with Gasteiger partial charge in [0.2, 0.25) is 0 Å². The first-order chi connectivity index (χ1) is 9.92. The van der Waals surface area contributed by atoms with Crippen LogP contribution in [0.2, 0.25) is 0 Å². The molecule has 0 radical (unpaired) electrons. The van der Waals surface area contributed by atoms with Crippen molar-refractivity contribution in [3.63, 3.8) is 0 Å². The Balaban J connectivity index is 2.10. The molecule has 94 valence electrons. The first-order valence-corrected chi connectivity index (χ1v) is 7.27. The molecule has 20 heavy (non-hydrogen) atoms. The molecule has 0 nitrogen and oxygen atoms in total. The van der Waals surface area contributed by atoms with Crippen molar-refractivity contribution < 1.29 is 0 Å². The van der Waals surface area contributed by atoms with Crippen LogP contribution in [-0.2, 0) is 12.8 Å². The van der Waals surface area contributed by atoms with Crippen LogP contribution in [0.1, 0.15) is 11.1 Å². The lowest BCUT2D eigenvalue weighted by Gasteiger charge is -2.24. The summed E-state index contributed by atoms with van der Waals surface area (Å²) in [4.78, 5) is 0.